The lowest BCUT2D eigenvalue weighted by molar-refractivity contribution is 0.394. The van der Waals surface area contributed by atoms with Gasteiger partial charge in [0.2, 0.25) is 5.95 Å². The fourth-order valence-electron chi connectivity index (χ4n) is 3.70. The Labute approximate surface area is 139 Å². The van der Waals surface area contributed by atoms with E-state index in [2.05, 4.69) is 49.1 Å². The average Bonchev–Trinajstić information content (AvgIpc) is 3.05. The summed E-state index contributed by atoms with van der Waals surface area (Å²) in [5.74, 6) is 2.06. The fraction of sp³-hybridized carbons (Fsp3) is 0.278. The maximum Gasteiger partial charge on any atom is 0.207 e. The van der Waals surface area contributed by atoms with Gasteiger partial charge in [0, 0.05) is 26.3 Å². The molecule has 0 aliphatic carbocycles. The molecule has 3 aromatic heterocycles. The van der Waals surface area contributed by atoms with E-state index in [9.17, 15) is 0 Å². The molecule has 4 heterocycles. The summed E-state index contributed by atoms with van der Waals surface area (Å²) in [6, 6.07) is 12.7. The lowest BCUT2D eigenvalue weighted by Crippen LogP contribution is -2.49. The van der Waals surface area contributed by atoms with Gasteiger partial charge in [-0.15, -0.1) is 0 Å². The van der Waals surface area contributed by atoms with Gasteiger partial charge in [-0.25, -0.2) is 15.0 Å². The molecule has 0 amide bonds. The third-order valence-electron chi connectivity index (χ3n) is 4.89. The van der Waals surface area contributed by atoms with Crippen LogP contribution in [0.5, 0.6) is 0 Å². The Morgan fingerprint density at radius 2 is 1.79 bits per heavy atom. The molecule has 5 rings (SSSR count). The second-order valence-corrected chi connectivity index (χ2v) is 6.39. The smallest absolute Gasteiger partial charge is 0.207 e. The number of pyridine rings is 1. The van der Waals surface area contributed by atoms with Crippen LogP contribution in [0.3, 0.4) is 0 Å². The third-order valence-corrected chi connectivity index (χ3v) is 4.89. The van der Waals surface area contributed by atoms with Crippen molar-refractivity contribution in [2.24, 2.45) is 7.05 Å². The quantitative estimate of drug-likeness (QED) is 0.570. The molecule has 0 saturated carbocycles. The van der Waals surface area contributed by atoms with Crippen molar-refractivity contribution < 1.29 is 0 Å². The summed E-state index contributed by atoms with van der Waals surface area (Å²) in [7, 11) is 2.03. The number of aromatic nitrogens is 5. The van der Waals surface area contributed by atoms with Crippen molar-refractivity contribution in [3.8, 4) is 0 Å². The number of imidazole rings is 2. The first kappa shape index (κ1) is 13.5. The topological polar surface area (TPSA) is 51.8 Å². The number of anilines is 1. The first-order valence-corrected chi connectivity index (χ1v) is 8.18. The molecule has 0 atom stereocenters. The molecule has 6 nitrogen and oxygen atoms in total. The van der Waals surface area contributed by atoms with E-state index in [1.807, 2.05) is 31.4 Å². The second kappa shape index (κ2) is 4.80. The first-order chi connectivity index (χ1) is 11.7. The highest BCUT2D eigenvalue weighted by Gasteiger charge is 2.33. The molecule has 120 valence electrons. The zero-order valence-electron chi connectivity index (χ0n) is 13.7. The number of nitrogens with zero attached hydrogens (tertiary/aromatic N) is 6. The van der Waals surface area contributed by atoms with Crippen molar-refractivity contribution in [2.45, 2.75) is 13.0 Å². The van der Waals surface area contributed by atoms with Crippen molar-refractivity contribution >= 4 is 28.1 Å². The predicted molar refractivity (Wildman–Crippen MR) is 94.2 cm³/mol. The molecule has 1 aliphatic heterocycles. The molecule has 1 aromatic carbocycles. The van der Waals surface area contributed by atoms with Crippen LogP contribution in [-0.2, 0) is 7.05 Å². The minimum atomic E-state index is 0.435. The molecular formula is C18H18N6. The van der Waals surface area contributed by atoms with E-state index in [0.29, 0.717) is 6.04 Å². The van der Waals surface area contributed by atoms with Crippen LogP contribution in [0.25, 0.3) is 22.2 Å². The monoisotopic (exact) mass is 318 g/mol. The van der Waals surface area contributed by atoms with Crippen LogP contribution in [0.2, 0.25) is 0 Å². The zero-order chi connectivity index (χ0) is 16.3. The van der Waals surface area contributed by atoms with E-state index in [-0.39, 0.29) is 0 Å². The van der Waals surface area contributed by atoms with Crippen molar-refractivity contribution in [1.29, 1.82) is 0 Å². The predicted octanol–water partition coefficient (Wildman–Crippen LogP) is 2.69. The number of hydrogen-bond acceptors (Lipinski definition) is 4. The van der Waals surface area contributed by atoms with Gasteiger partial charge in [0.15, 0.2) is 5.65 Å². The third kappa shape index (κ3) is 1.79. The van der Waals surface area contributed by atoms with Crippen LogP contribution in [0, 0.1) is 6.92 Å². The molecule has 1 fully saturated rings. The van der Waals surface area contributed by atoms with Gasteiger partial charge in [0.25, 0.3) is 0 Å². The molecule has 24 heavy (non-hydrogen) atoms. The van der Waals surface area contributed by atoms with Gasteiger partial charge in [-0.1, -0.05) is 12.1 Å². The molecule has 0 radical (unpaired) electrons. The Bertz CT molecular complexity index is 1050. The summed E-state index contributed by atoms with van der Waals surface area (Å²) in [4.78, 5) is 16.1. The van der Waals surface area contributed by atoms with Crippen molar-refractivity contribution in [3.05, 3.63) is 48.4 Å². The summed E-state index contributed by atoms with van der Waals surface area (Å²) in [5, 5.41) is 0. The van der Waals surface area contributed by atoms with Gasteiger partial charge >= 0.3 is 0 Å². The summed E-state index contributed by atoms with van der Waals surface area (Å²) < 4.78 is 4.43. The summed E-state index contributed by atoms with van der Waals surface area (Å²) in [6.45, 7) is 3.97. The SMILES string of the molecule is Cc1nc2ccccc2n1C1CN(c2nc3cccnc3n2C)C1. The van der Waals surface area contributed by atoms with Gasteiger partial charge in [-0.05, 0) is 31.2 Å². The summed E-state index contributed by atoms with van der Waals surface area (Å²) in [6.07, 6.45) is 1.81. The normalized spacial score (nSPS) is 15.3. The van der Waals surface area contributed by atoms with Gasteiger partial charge in [0.1, 0.15) is 11.3 Å². The Hall–Kier alpha value is -2.89. The molecule has 1 saturated heterocycles. The van der Waals surface area contributed by atoms with Crippen LogP contribution in [-0.4, -0.2) is 37.2 Å². The maximum atomic E-state index is 4.74. The molecular weight excluding hydrogens is 300 g/mol. The summed E-state index contributed by atoms with van der Waals surface area (Å²) >= 11 is 0. The molecule has 6 heteroatoms. The maximum absolute atomic E-state index is 4.74. The molecule has 0 bridgehead atoms. The average molecular weight is 318 g/mol. The van der Waals surface area contributed by atoms with Crippen molar-refractivity contribution in [3.63, 3.8) is 0 Å². The molecule has 0 spiro atoms. The zero-order valence-corrected chi connectivity index (χ0v) is 13.7. The first-order valence-electron chi connectivity index (χ1n) is 8.18. The van der Waals surface area contributed by atoms with E-state index >= 15 is 0 Å². The number of hydrogen-bond donors (Lipinski definition) is 0. The number of aryl methyl sites for hydroxylation is 2. The number of fused-ring (bicyclic) bond motifs is 2. The van der Waals surface area contributed by atoms with Crippen molar-refractivity contribution in [2.75, 3.05) is 18.0 Å². The van der Waals surface area contributed by atoms with Crippen molar-refractivity contribution in [1.82, 2.24) is 24.1 Å². The fourth-order valence-corrected chi connectivity index (χ4v) is 3.70. The van der Waals surface area contributed by atoms with Gasteiger partial charge in [-0.2, -0.15) is 0 Å². The molecule has 0 unspecified atom stereocenters. The van der Waals surface area contributed by atoms with Crippen LogP contribution >= 0.6 is 0 Å². The van der Waals surface area contributed by atoms with E-state index in [4.69, 9.17) is 4.98 Å². The standard InChI is InChI=1S/C18H18N6/c1-12-20-14-6-3-4-8-16(14)24(12)13-10-23(11-13)18-21-15-7-5-9-19-17(15)22(18)2/h3-9,13H,10-11H2,1-2H3. The molecule has 0 N–H and O–H groups in total. The van der Waals surface area contributed by atoms with E-state index < -0.39 is 0 Å². The van der Waals surface area contributed by atoms with Crippen LogP contribution in [0.1, 0.15) is 11.9 Å². The highest BCUT2D eigenvalue weighted by Crippen LogP contribution is 2.32. The number of para-hydroxylation sites is 2. The molecule has 4 aromatic rings. The largest absolute Gasteiger partial charge is 0.338 e. The number of rotatable bonds is 2. The van der Waals surface area contributed by atoms with E-state index in [1.165, 1.54) is 5.52 Å². The lowest BCUT2D eigenvalue weighted by atomic mass is 10.1. The van der Waals surface area contributed by atoms with Crippen LogP contribution < -0.4 is 4.90 Å². The van der Waals surface area contributed by atoms with Crippen LogP contribution in [0.15, 0.2) is 42.6 Å². The van der Waals surface area contributed by atoms with Crippen LogP contribution in [0.4, 0.5) is 5.95 Å². The Morgan fingerprint density at radius 1 is 1.00 bits per heavy atom. The van der Waals surface area contributed by atoms with E-state index in [1.54, 1.807) is 0 Å². The minimum Gasteiger partial charge on any atom is -0.338 e. The second-order valence-electron chi connectivity index (χ2n) is 6.39. The Morgan fingerprint density at radius 3 is 2.62 bits per heavy atom. The minimum absolute atomic E-state index is 0.435. The number of benzene rings is 1. The van der Waals surface area contributed by atoms with Gasteiger partial charge in [0.05, 0.1) is 17.1 Å². The van der Waals surface area contributed by atoms with E-state index in [0.717, 1.165) is 41.5 Å². The highest BCUT2D eigenvalue weighted by atomic mass is 15.4. The lowest BCUT2D eigenvalue weighted by Gasteiger charge is -2.41. The summed E-state index contributed by atoms with van der Waals surface area (Å²) in [5.41, 5.74) is 4.16. The molecule has 1 aliphatic rings. The highest BCUT2D eigenvalue weighted by molar-refractivity contribution is 5.77. The van der Waals surface area contributed by atoms with Gasteiger partial charge < -0.3 is 9.47 Å². The van der Waals surface area contributed by atoms with Gasteiger partial charge in [-0.3, -0.25) is 4.57 Å². The Kier molecular flexibility index (Phi) is 2.71. The Balaban J connectivity index is 1.47.